The van der Waals surface area contributed by atoms with Crippen LogP contribution in [-0.2, 0) is 18.9 Å². The summed E-state index contributed by atoms with van der Waals surface area (Å²) in [5.74, 6) is 0. The van der Waals surface area contributed by atoms with E-state index in [2.05, 4.69) is 0 Å². The third-order valence-electron chi connectivity index (χ3n) is 1.60. The van der Waals surface area contributed by atoms with Crippen molar-refractivity contribution in [3.8, 4) is 0 Å². The maximum absolute atomic E-state index is 5.24. The van der Waals surface area contributed by atoms with E-state index in [1.54, 1.807) is 14.2 Å². The van der Waals surface area contributed by atoms with Gasteiger partial charge in [0.25, 0.3) is 0 Å². The summed E-state index contributed by atoms with van der Waals surface area (Å²) in [6.45, 7) is 1.82. The van der Waals surface area contributed by atoms with Crippen LogP contribution in [-0.4, -0.2) is 33.1 Å². The van der Waals surface area contributed by atoms with E-state index in [4.69, 9.17) is 18.9 Å². The maximum atomic E-state index is 5.24. The molecule has 11 heavy (non-hydrogen) atoms. The number of hydrogen-bond acceptors (Lipinski definition) is 4. The molecule has 4 nitrogen and oxygen atoms in total. The number of ether oxygens (including phenoxy) is 4. The van der Waals surface area contributed by atoms with Crippen molar-refractivity contribution in [2.45, 2.75) is 32.2 Å². The third-order valence-corrected chi connectivity index (χ3v) is 1.60. The highest BCUT2D eigenvalue weighted by Crippen LogP contribution is 2.18. The zero-order valence-corrected chi connectivity index (χ0v) is 7.07. The van der Waals surface area contributed by atoms with Gasteiger partial charge >= 0.3 is 0 Å². The maximum Gasteiger partial charge on any atom is 0.165 e. The number of rotatable bonds is 2. The van der Waals surface area contributed by atoms with Crippen LogP contribution in [0.15, 0.2) is 0 Å². The van der Waals surface area contributed by atoms with Gasteiger partial charge in [-0.25, -0.2) is 0 Å². The van der Waals surface area contributed by atoms with Crippen molar-refractivity contribution in [3.63, 3.8) is 0 Å². The molecule has 0 N–H and O–H groups in total. The molecule has 1 heterocycles. The summed E-state index contributed by atoms with van der Waals surface area (Å²) in [5.41, 5.74) is 0. The van der Waals surface area contributed by atoms with Gasteiger partial charge in [0.2, 0.25) is 0 Å². The number of hydrogen-bond donors (Lipinski definition) is 0. The Kier molecular flexibility index (Phi) is 3.26. The molecule has 66 valence electrons. The molecule has 1 rings (SSSR count). The second-order valence-corrected chi connectivity index (χ2v) is 2.41. The Balaban J connectivity index is 2.37. The molecule has 0 saturated carbocycles. The molecule has 0 aromatic heterocycles. The first-order valence-corrected chi connectivity index (χ1v) is 3.62. The second-order valence-electron chi connectivity index (χ2n) is 2.41. The van der Waals surface area contributed by atoms with Crippen molar-refractivity contribution in [2.75, 3.05) is 14.2 Å². The summed E-state index contributed by atoms with van der Waals surface area (Å²) >= 11 is 0. The molecular weight excluding hydrogens is 148 g/mol. The van der Waals surface area contributed by atoms with E-state index in [0.29, 0.717) is 6.42 Å². The molecule has 1 aliphatic heterocycles. The van der Waals surface area contributed by atoms with Gasteiger partial charge < -0.3 is 18.9 Å². The van der Waals surface area contributed by atoms with Gasteiger partial charge in [0.05, 0.1) is 0 Å². The molecule has 0 amide bonds. The third kappa shape index (κ3) is 2.41. The Bertz CT molecular complexity index is 105. The van der Waals surface area contributed by atoms with Crippen LogP contribution in [0.25, 0.3) is 0 Å². The molecule has 0 aromatic rings. The van der Waals surface area contributed by atoms with Gasteiger partial charge in [-0.15, -0.1) is 0 Å². The summed E-state index contributed by atoms with van der Waals surface area (Å²) in [4.78, 5) is 0. The monoisotopic (exact) mass is 162 g/mol. The Labute approximate surface area is 66.4 Å². The van der Waals surface area contributed by atoms with Gasteiger partial charge in [-0.05, 0) is 6.92 Å². The van der Waals surface area contributed by atoms with E-state index in [1.807, 2.05) is 6.92 Å². The molecule has 2 atom stereocenters. The highest BCUT2D eigenvalue weighted by molar-refractivity contribution is 4.56. The van der Waals surface area contributed by atoms with E-state index in [9.17, 15) is 0 Å². The van der Waals surface area contributed by atoms with Crippen molar-refractivity contribution >= 4 is 0 Å². The van der Waals surface area contributed by atoms with Crippen LogP contribution in [0.1, 0.15) is 13.3 Å². The molecule has 4 heteroatoms. The molecular formula is C7H14O4. The summed E-state index contributed by atoms with van der Waals surface area (Å²) in [5, 5.41) is 0. The van der Waals surface area contributed by atoms with Crippen molar-refractivity contribution < 1.29 is 18.9 Å². The van der Waals surface area contributed by atoms with E-state index in [0.717, 1.165) is 0 Å². The summed E-state index contributed by atoms with van der Waals surface area (Å²) in [7, 11) is 3.21. The Morgan fingerprint density at radius 3 is 1.91 bits per heavy atom. The summed E-state index contributed by atoms with van der Waals surface area (Å²) in [6, 6.07) is 0. The molecule has 0 aromatic carbocycles. The van der Waals surface area contributed by atoms with E-state index in [1.165, 1.54) is 0 Å². The summed E-state index contributed by atoms with van der Waals surface area (Å²) < 4.78 is 20.5. The standard InChI is InChI=1S/C7H14O4/c1-5-10-6(8-2)4-7(9-3)11-5/h5-7H,4H2,1-3H3. The van der Waals surface area contributed by atoms with Crippen LogP contribution >= 0.6 is 0 Å². The minimum absolute atomic E-state index is 0.205. The van der Waals surface area contributed by atoms with Crippen LogP contribution in [0, 0.1) is 0 Å². The fraction of sp³-hybridized carbons (Fsp3) is 1.00. The van der Waals surface area contributed by atoms with Crippen LogP contribution in [0.2, 0.25) is 0 Å². The molecule has 0 radical (unpaired) electrons. The fourth-order valence-corrected chi connectivity index (χ4v) is 1.03. The van der Waals surface area contributed by atoms with Crippen LogP contribution in [0.3, 0.4) is 0 Å². The SMILES string of the molecule is COC1CC(OC)OC(C)O1. The highest BCUT2D eigenvalue weighted by atomic mass is 16.8. The van der Waals surface area contributed by atoms with Crippen LogP contribution in [0.4, 0.5) is 0 Å². The molecule has 1 aliphatic rings. The summed E-state index contributed by atoms with van der Waals surface area (Å²) in [6.07, 6.45) is -0.0387. The molecule has 1 fully saturated rings. The van der Waals surface area contributed by atoms with Crippen LogP contribution < -0.4 is 0 Å². The fourth-order valence-electron chi connectivity index (χ4n) is 1.03. The topological polar surface area (TPSA) is 36.9 Å². The molecule has 0 spiro atoms. The van der Waals surface area contributed by atoms with Gasteiger partial charge in [-0.1, -0.05) is 0 Å². The second kappa shape index (κ2) is 4.01. The quantitative estimate of drug-likeness (QED) is 0.599. The van der Waals surface area contributed by atoms with Gasteiger partial charge in [-0.3, -0.25) is 0 Å². The molecule has 0 bridgehead atoms. The minimum atomic E-state index is -0.251. The predicted molar refractivity (Wildman–Crippen MR) is 37.8 cm³/mol. The predicted octanol–water partition coefficient (Wildman–Crippen LogP) is 0.714. The average Bonchev–Trinajstić information content (AvgIpc) is 2.03. The average molecular weight is 162 g/mol. The van der Waals surface area contributed by atoms with Gasteiger partial charge in [0, 0.05) is 20.6 Å². The van der Waals surface area contributed by atoms with Gasteiger partial charge in [-0.2, -0.15) is 0 Å². The van der Waals surface area contributed by atoms with Crippen LogP contribution in [0.5, 0.6) is 0 Å². The highest BCUT2D eigenvalue weighted by Gasteiger charge is 2.26. The van der Waals surface area contributed by atoms with Crippen molar-refractivity contribution in [1.29, 1.82) is 0 Å². The lowest BCUT2D eigenvalue weighted by Gasteiger charge is -2.32. The zero-order valence-electron chi connectivity index (χ0n) is 7.07. The Hall–Kier alpha value is -0.160. The van der Waals surface area contributed by atoms with Crippen molar-refractivity contribution in [3.05, 3.63) is 0 Å². The Morgan fingerprint density at radius 1 is 1.09 bits per heavy atom. The van der Waals surface area contributed by atoms with Gasteiger partial charge in [0.15, 0.2) is 18.9 Å². The van der Waals surface area contributed by atoms with E-state index in [-0.39, 0.29) is 18.9 Å². The largest absolute Gasteiger partial charge is 0.356 e. The zero-order chi connectivity index (χ0) is 8.27. The van der Waals surface area contributed by atoms with E-state index < -0.39 is 0 Å². The van der Waals surface area contributed by atoms with Crippen molar-refractivity contribution in [1.82, 2.24) is 0 Å². The normalized spacial score (nSPS) is 39.0. The van der Waals surface area contributed by atoms with Gasteiger partial charge in [0.1, 0.15) is 0 Å². The minimum Gasteiger partial charge on any atom is -0.356 e. The lowest BCUT2D eigenvalue weighted by Crippen LogP contribution is -2.38. The van der Waals surface area contributed by atoms with E-state index >= 15 is 0 Å². The number of methoxy groups -OCH3 is 2. The first kappa shape index (κ1) is 8.93. The smallest absolute Gasteiger partial charge is 0.165 e. The molecule has 2 unspecified atom stereocenters. The first-order chi connectivity index (χ1) is 5.26. The Morgan fingerprint density at radius 2 is 1.55 bits per heavy atom. The lowest BCUT2D eigenvalue weighted by atomic mass is 10.3. The molecule has 1 saturated heterocycles. The lowest BCUT2D eigenvalue weighted by molar-refractivity contribution is -0.337. The van der Waals surface area contributed by atoms with Crippen molar-refractivity contribution in [2.24, 2.45) is 0 Å². The molecule has 0 aliphatic carbocycles. The first-order valence-electron chi connectivity index (χ1n) is 3.62.